The van der Waals surface area contributed by atoms with Crippen LogP contribution in [0.5, 0.6) is 0 Å². The van der Waals surface area contributed by atoms with E-state index in [4.69, 9.17) is 14.6 Å². The smallest absolute Gasteiger partial charge is 0.104 e. The maximum Gasteiger partial charge on any atom is 0.104 e. The van der Waals surface area contributed by atoms with E-state index in [1.807, 2.05) is 30.3 Å². The fourth-order valence-corrected chi connectivity index (χ4v) is 1.22. The molecule has 3 heteroatoms. The molecule has 0 heterocycles. The van der Waals surface area contributed by atoms with Crippen LogP contribution in [0, 0.1) is 0 Å². The molecular weight excluding hydrogens is 204 g/mol. The van der Waals surface area contributed by atoms with E-state index in [-0.39, 0.29) is 12.7 Å². The first-order valence-corrected chi connectivity index (χ1v) is 5.32. The number of benzene rings is 1. The summed E-state index contributed by atoms with van der Waals surface area (Å²) < 4.78 is 10.7. The summed E-state index contributed by atoms with van der Waals surface area (Å²) in [5, 5.41) is 9.07. The van der Waals surface area contributed by atoms with Crippen LogP contribution in [0.2, 0.25) is 0 Å². The summed E-state index contributed by atoms with van der Waals surface area (Å²) in [6.45, 7) is 4.86. The van der Waals surface area contributed by atoms with Gasteiger partial charge in [0.2, 0.25) is 0 Å². The predicted octanol–water partition coefficient (Wildman–Crippen LogP) is 1.77. The van der Waals surface area contributed by atoms with E-state index >= 15 is 0 Å². The Balaban J connectivity index is 2.25. The van der Waals surface area contributed by atoms with E-state index in [2.05, 4.69) is 6.58 Å². The van der Waals surface area contributed by atoms with Crippen LogP contribution in [0.4, 0.5) is 0 Å². The summed E-state index contributed by atoms with van der Waals surface area (Å²) in [5.41, 5.74) is 1.09. The molecule has 0 aliphatic heterocycles. The normalized spacial score (nSPS) is 12.3. The minimum atomic E-state index is -0.278. The lowest BCUT2D eigenvalue weighted by Crippen LogP contribution is -2.23. The van der Waals surface area contributed by atoms with E-state index in [1.165, 1.54) is 0 Å². The molecule has 0 aliphatic carbocycles. The molecule has 0 spiro atoms. The standard InChI is InChI=1S/C13H18O3/c1-2-8-15-11-13(9-14)16-10-12-6-4-3-5-7-12/h2-7,13-14H,1,8-11H2/t13-/m0/s1. The van der Waals surface area contributed by atoms with Crippen molar-refractivity contribution in [3.8, 4) is 0 Å². The first-order chi connectivity index (χ1) is 7.86. The highest BCUT2D eigenvalue weighted by molar-refractivity contribution is 5.13. The second-order valence-electron chi connectivity index (χ2n) is 3.43. The predicted molar refractivity (Wildman–Crippen MR) is 63.1 cm³/mol. The van der Waals surface area contributed by atoms with Gasteiger partial charge in [0.1, 0.15) is 6.10 Å². The number of ether oxygens (including phenoxy) is 2. The molecule has 3 nitrogen and oxygen atoms in total. The number of hydrogen-bond donors (Lipinski definition) is 1. The molecule has 88 valence electrons. The van der Waals surface area contributed by atoms with Crippen LogP contribution >= 0.6 is 0 Å². The molecule has 0 aliphatic rings. The zero-order valence-electron chi connectivity index (χ0n) is 9.34. The Bertz CT molecular complexity index is 284. The fourth-order valence-electron chi connectivity index (χ4n) is 1.22. The largest absolute Gasteiger partial charge is 0.394 e. The van der Waals surface area contributed by atoms with Crippen molar-refractivity contribution < 1.29 is 14.6 Å². The lowest BCUT2D eigenvalue weighted by Gasteiger charge is -2.15. The van der Waals surface area contributed by atoms with Gasteiger partial charge in [-0.25, -0.2) is 0 Å². The molecule has 16 heavy (non-hydrogen) atoms. The minimum Gasteiger partial charge on any atom is -0.394 e. The van der Waals surface area contributed by atoms with E-state index < -0.39 is 0 Å². The average molecular weight is 222 g/mol. The summed E-state index contributed by atoms with van der Waals surface area (Å²) in [6.07, 6.45) is 1.39. The number of hydrogen-bond acceptors (Lipinski definition) is 3. The zero-order chi connectivity index (χ0) is 11.6. The number of aliphatic hydroxyl groups excluding tert-OH is 1. The maximum atomic E-state index is 9.07. The highest BCUT2D eigenvalue weighted by atomic mass is 16.5. The Morgan fingerprint density at radius 1 is 1.31 bits per heavy atom. The van der Waals surface area contributed by atoms with Crippen molar-refractivity contribution in [3.63, 3.8) is 0 Å². The first-order valence-electron chi connectivity index (χ1n) is 5.32. The molecule has 0 bridgehead atoms. The van der Waals surface area contributed by atoms with Gasteiger partial charge in [0.25, 0.3) is 0 Å². The van der Waals surface area contributed by atoms with Crippen LogP contribution in [0.25, 0.3) is 0 Å². The van der Waals surface area contributed by atoms with Crippen LogP contribution in [-0.2, 0) is 16.1 Å². The second kappa shape index (κ2) is 8.05. The topological polar surface area (TPSA) is 38.7 Å². The molecule has 0 amide bonds. The van der Waals surface area contributed by atoms with E-state index in [9.17, 15) is 0 Å². The van der Waals surface area contributed by atoms with Gasteiger partial charge in [-0.15, -0.1) is 6.58 Å². The van der Waals surface area contributed by atoms with E-state index in [1.54, 1.807) is 6.08 Å². The van der Waals surface area contributed by atoms with Gasteiger partial charge in [-0.3, -0.25) is 0 Å². The molecule has 1 atom stereocenters. The van der Waals surface area contributed by atoms with Crippen molar-refractivity contribution in [2.75, 3.05) is 19.8 Å². The molecule has 0 aromatic heterocycles. The molecule has 0 radical (unpaired) electrons. The molecule has 1 aromatic rings. The van der Waals surface area contributed by atoms with Crippen LogP contribution in [0.3, 0.4) is 0 Å². The lowest BCUT2D eigenvalue weighted by molar-refractivity contribution is -0.0450. The third kappa shape index (κ3) is 5.07. The van der Waals surface area contributed by atoms with Gasteiger partial charge in [-0.05, 0) is 5.56 Å². The summed E-state index contributed by atoms with van der Waals surface area (Å²) >= 11 is 0. The first kappa shape index (κ1) is 12.9. The molecule has 0 fully saturated rings. The summed E-state index contributed by atoms with van der Waals surface area (Å²) in [5.74, 6) is 0. The van der Waals surface area contributed by atoms with E-state index in [0.29, 0.717) is 19.8 Å². The van der Waals surface area contributed by atoms with Crippen molar-refractivity contribution in [3.05, 3.63) is 48.6 Å². The van der Waals surface area contributed by atoms with Crippen molar-refractivity contribution in [2.45, 2.75) is 12.7 Å². The van der Waals surface area contributed by atoms with Crippen molar-refractivity contribution >= 4 is 0 Å². The lowest BCUT2D eigenvalue weighted by atomic mass is 10.2. The number of rotatable bonds is 8. The van der Waals surface area contributed by atoms with E-state index in [0.717, 1.165) is 5.56 Å². The average Bonchev–Trinajstić information content (AvgIpc) is 2.35. The van der Waals surface area contributed by atoms with Gasteiger partial charge in [0, 0.05) is 0 Å². The van der Waals surface area contributed by atoms with Crippen LogP contribution < -0.4 is 0 Å². The SMILES string of the molecule is C=CCOC[C@H](CO)OCc1ccccc1. The van der Waals surface area contributed by atoms with Gasteiger partial charge in [-0.2, -0.15) is 0 Å². The van der Waals surface area contributed by atoms with Gasteiger partial charge < -0.3 is 14.6 Å². The summed E-state index contributed by atoms with van der Waals surface area (Å²) in [7, 11) is 0. The molecule has 0 saturated carbocycles. The molecule has 1 aromatic carbocycles. The highest BCUT2D eigenvalue weighted by Gasteiger charge is 2.07. The third-order valence-corrected chi connectivity index (χ3v) is 2.07. The van der Waals surface area contributed by atoms with Crippen molar-refractivity contribution in [1.82, 2.24) is 0 Å². The van der Waals surface area contributed by atoms with Gasteiger partial charge in [0.15, 0.2) is 0 Å². The quantitative estimate of drug-likeness (QED) is 0.538. The van der Waals surface area contributed by atoms with Crippen molar-refractivity contribution in [2.24, 2.45) is 0 Å². The number of aliphatic hydroxyl groups is 1. The third-order valence-electron chi connectivity index (χ3n) is 2.07. The van der Waals surface area contributed by atoms with Crippen molar-refractivity contribution in [1.29, 1.82) is 0 Å². The summed E-state index contributed by atoms with van der Waals surface area (Å²) in [6, 6.07) is 9.85. The zero-order valence-corrected chi connectivity index (χ0v) is 9.34. The minimum absolute atomic E-state index is 0.0377. The van der Waals surface area contributed by atoms with Gasteiger partial charge in [0.05, 0.1) is 26.4 Å². The van der Waals surface area contributed by atoms with Crippen LogP contribution in [0.1, 0.15) is 5.56 Å². The van der Waals surface area contributed by atoms with Crippen LogP contribution in [-0.4, -0.2) is 31.0 Å². The second-order valence-corrected chi connectivity index (χ2v) is 3.43. The molecule has 0 saturated heterocycles. The van der Waals surface area contributed by atoms with Crippen LogP contribution in [0.15, 0.2) is 43.0 Å². The monoisotopic (exact) mass is 222 g/mol. The Hall–Kier alpha value is -1.16. The summed E-state index contributed by atoms with van der Waals surface area (Å²) in [4.78, 5) is 0. The molecular formula is C13H18O3. The van der Waals surface area contributed by atoms with Gasteiger partial charge >= 0.3 is 0 Å². The Morgan fingerprint density at radius 2 is 2.06 bits per heavy atom. The maximum absolute atomic E-state index is 9.07. The Morgan fingerprint density at radius 3 is 2.69 bits per heavy atom. The van der Waals surface area contributed by atoms with Gasteiger partial charge in [-0.1, -0.05) is 36.4 Å². The Labute approximate surface area is 96.3 Å². The highest BCUT2D eigenvalue weighted by Crippen LogP contribution is 2.03. The Kier molecular flexibility index (Phi) is 6.49. The fraction of sp³-hybridized carbons (Fsp3) is 0.385. The molecule has 1 rings (SSSR count). The molecule has 1 N–H and O–H groups in total. The molecule has 0 unspecified atom stereocenters.